The number of thioether (sulfide) groups is 1. The van der Waals surface area contributed by atoms with Crippen LogP contribution in [-0.4, -0.2) is 21.6 Å². The minimum absolute atomic E-state index is 0.0184. The average molecular weight is 325 g/mol. The molecule has 0 radical (unpaired) electrons. The topological polar surface area (TPSA) is 98.3 Å². The van der Waals surface area contributed by atoms with Crippen molar-refractivity contribution in [2.24, 2.45) is 0 Å². The fourth-order valence-electron chi connectivity index (χ4n) is 1.56. The number of nitro benzene ring substituents is 1. The zero-order valence-corrected chi connectivity index (χ0v) is 12.6. The van der Waals surface area contributed by atoms with E-state index >= 15 is 0 Å². The number of oxazole rings is 1. The van der Waals surface area contributed by atoms with E-state index in [4.69, 9.17) is 4.42 Å². The molecule has 0 aliphatic carbocycles. The normalized spacial score (nSPS) is 10.5. The third-order valence-electron chi connectivity index (χ3n) is 2.76. The summed E-state index contributed by atoms with van der Waals surface area (Å²) in [6, 6.07) is 3.16. The molecule has 0 aliphatic rings. The van der Waals surface area contributed by atoms with Crippen molar-refractivity contribution in [3.05, 3.63) is 45.6 Å². The van der Waals surface area contributed by atoms with Gasteiger partial charge >= 0.3 is 5.69 Å². The Bertz CT molecular complexity index is 713. The third kappa shape index (κ3) is 3.82. The van der Waals surface area contributed by atoms with Crippen LogP contribution in [0.5, 0.6) is 0 Å². The highest BCUT2D eigenvalue weighted by Gasteiger charge is 2.16. The van der Waals surface area contributed by atoms with Crippen LogP contribution in [0, 0.1) is 29.8 Å². The van der Waals surface area contributed by atoms with Crippen LogP contribution in [0.2, 0.25) is 0 Å². The summed E-state index contributed by atoms with van der Waals surface area (Å²) >= 11 is 1.10. The lowest BCUT2D eigenvalue weighted by atomic mass is 10.2. The van der Waals surface area contributed by atoms with Gasteiger partial charge in [0.25, 0.3) is 5.22 Å². The molecule has 9 heteroatoms. The van der Waals surface area contributed by atoms with Gasteiger partial charge in [0.2, 0.25) is 11.7 Å². The van der Waals surface area contributed by atoms with Crippen molar-refractivity contribution >= 4 is 29.0 Å². The summed E-state index contributed by atoms with van der Waals surface area (Å²) < 4.78 is 18.5. The van der Waals surface area contributed by atoms with Gasteiger partial charge < -0.3 is 9.73 Å². The van der Waals surface area contributed by atoms with E-state index in [1.807, 2.05) is 0 Å². The Morgan fingerprint density at radius 1 is 1.50 bits per heavy atom. The zero-order chi connectivity index (χ0) is 16.3. The van der Waals surface area contributed by atoms with E-state index < -0.39 is 22.3 Å². The number of rotatable bonds is 5. The Morgan fingerprint density at radius 2 is 2.23 bits per heavy atom. The summed E-state index contributed by atoms with van der Waals surface area (Å²) in [6.45, 7) is 3.56. The van der Waals surface area contributed by atoms with Crippen LogP contribution < -0.4 is 5.32 Å². The molecule has 1 heterocycles. The van der Waals surface area contributed by atoms with Crippen molar-refractivity contribution in [1.82, 2.24) is 4.98 Å². The Kier molecular flexibility index (Phi) is 4.76. The molecule has 0 unspecified atom stereocenters. The van der Waals surface area contributed by atoms with Crippen molar-refractivity contribution in [3.8, 4) is 0 Å². The largest absolute Gasteiger partial charge is 0.437 e. The molecule has 0 spiro atoms. The van der Waals surface area contributed by atoms with Crippen molar-refractivity contribution in [2.45, 2.75) is 19.1 Å². The van der Waals surface area contributed by atoms with Crippen LogP contribution in [0.4, 0.5) is 15.8 Å². The predicted octanol–water partition coefficient (Wildman–Crippen LogP) is 3.07. The Morgan fingerprint density at radius 3 is 2.82 bits per heavy atom. The first-order valence-electron chi connectivity index (χ1n) is 6.17. The molecule has 1 aromatic carbocycles. The van der Waals surface area contributed by atoms with Gasteiger partial charge in [0.1, 0.15) is 5.76 Å². The van der Waals surface area contributed by atoms with Crippen LogP contribution in [0.25, 0.3) is 0 Å². The highest BCUT2D eigenvalue weighted by atomic mass is 32.2. The molecule has 0 bridgehead atoms. The number of nitrogens with one attached hydrogen (secondary N) is 1. The van der Waals surface area contributed by atoms with Crippen LogP contribution in [0.15, 0.2) is 27.8 Å². The summed E-state index contributed by atoms with van der Waals surface area (Å²) in [5.74, 6) is -0.663. The van der Waals surface area contributed by atoms with E-state index in [2.05, 4.69) is 10.3 Å². The molecule has 1 N–H and O–H groups in total. The maximum atomic E-state index is 13.2. The maximum Gasteiger partial charge on any atom is 0.306 e. The molecule has 2 rings (SSSR count). The lowest BCUT2D eigenvalue weighted by Gasteiger charge is -2.04. The summed E-state index contributed by atoms with van der Waals surface area (Å²) in [5.41, 5.74) is 0.208. The summed E-state index contributed by atoms with van der Waals surface area (Å²) in [7, 11) is 0. The molecule has 1 aromatic heterocycles. The third-order valence-corrected chi connectivity index (χ3v) is 3.59. The summed E-state index contributed by atoms with van der Waals surface area (Å²) in [6.07, 6.45) is 0. The SMILES string of the molecule is Cc1nc(SCC(=O)Nc2ccc(F)c([N+](=O)[O-])c2)oc1C. The number of carbonyl (C=O) groups is 1. The van der Waals surface area contributed by atoms with Crippen LogP contribution >= 0.6 is 11.8 Å². The number of hydrogen-bond donors (Lipinski definition) is 1. The van der Waals surface area contributed by atoms with Crippen molar-refractivity contribution < 1.29 is 18.5 Å². The van der Waals surface area contributed by atoms with E-state index in [0.29, 0.717) is 11.0 Å². The molecule has 116 valence electrons. The van der Waals surface area contributed by atoms with Gasteiger partial charge in [-0.15, -0.1) is 0 Å². The number of aromatic nitrogens is 1. The summed E-state index contributed by atoms with van der Waals surface area (Å²) in [4.78, 5) is 25.7. The Balaban J connectivity index is 1.97. The van der Waals surface area contributed by atoms with E-state index in [1.54, 1.807) is 13.8 Å². The smallest absolute Gasteiger partial charge is 0.306 e. The number of amides is 1. The molecule has 7 nitrogen and oxygen atoms in total. The first-order chi connectivity index (χ1) is 10.4. The Hall–Kier alpha value is -2.42. The highest BCUT2D eigenvalue weighted by molar-refractivity contribution is 7.99. The molecule has 2 aromatic rings. The van der Waals surface area contributed by atoms with E-state index in [9.17, 15) is 19.3 Å². The van der Waals surface area contributed by atoms with E-state index in [-0.39, 0.29) is 11.4 Å². The number of benzene rings is 1. The molecule has 0 atom stereocenters. The fraction of sp³-hybridized carbons (Fsp3) is 0.231. The molecule has 1 amide bonds. The number of aryl methyl sites for hydroxylation is 2. The first kappa shape index (κ1) is 16.0. The van der Waals surface area contributed by atoms with Crippen LogP contribution in [0.1, 0.15) is 11.5 Å². The summed E-state index contributed by atoms with van der Waals surface area (Å²) in [5, 5.41) is 13.5. The van der Waals surface area contributed by atoms with Gasteiger partial charge in [0.15, 0.2) is 0 Å². The second-order valence-electron chi connectivity index (χ2n) is 4.38. The second-order valence-corrected chi connectivity index (χ2v) is 5.31. The van der Waals surface area contributed by atoms with Gasteiger partial charge in [0, 0.05) is 11.8 Å². The Labute approximate surface area is 129 Å². The van der Waals surface area contributed by atoms with E-state index in [0.717, 1.165) is 29.6 Å². The number of anilines is 1. The van der Waals surface area contributed by atoms with Crippen molar-refractivity contribution in [2.75, 3.05) is 11.1 Å². The molecule has 0 saturated carbocycles. The standard InChI is InChI=1S/C13H12FN3O4S/c1-7-8(2)21-13(15-7)22-6-12(18)16-9-3-4-10(14)11(5-9)17(19)20/h3-5H,6H2,1-2H3,(H,16,18). The first-order valence-corrected chi connectivity index (χ1v) is 7.16. The van der Waals surface area contributed by atoms with Gasteiger partial charge in [-0.25, -0.2) is 4.98 Å². The molecule has 22 heavy (non-hydrogen) atoms. The van der Waals surface area contributed by atoms with Crippen molar-refractivity contribution in [1.29, 1.82) is 0 Å². The predicted molar refractivity (Wildman–Crippen MR) is 78.4 cm³/mol. The number of halogens is 1. The van der Waals surface area contributed by atoms with Crippen LogP contribution in [0.3, 0.4) is 0 Å². The number of nitrogens with zero attached hydrogens (tertiary/aromatic N) is 2. The monoisotopic (exact) mass is 325 g/mol. The number of hydrogen-bond acceptors (Lipinski definition) is 6. The quantitative estimate of drug-likeness (QED) is 0.515. The number of carbonyl (C=O) groups excluding carboxylic acids is 1. The number of nitro groups is 1. The maximum absolute atomic E-state index is 13.2. The highest BCUT2D eigenvalue weighted by Crippen LogP contribution is 2.23. The van der Waals surface area contributed by atoms with Gasteiger partial charge in [-0.1, -0.05) is 11.8 Å². The lowest BCUT2D eigenvalue weighted by molar-refractivity contribution is -0.387. The van der Waals surface area contributed by atoms with Gasteiger partial charge in [0.05, 0.1) is 16.4 Å². The van der Waals surface area contributed by atoms with E-state index in [1.165, 1.54) is 6.07 Å². The van der Waals surface area contributed by atoms with Gasteiger partial charge in [-0.2, -0.15) is 4.39 Å². The molecule has 0 saturated heterocycles. The molecule has 0 aliphatic heterocycles. The minimum Gasteiger partial charge on any atom is -0.437 e. The molecular weight excluding hydrogens is 313 g/mol. The van der Waals surface area contributed by atoms with Crippen LogP contribution in [-0.2, 0) is 4.79 Å². The fourth-order valence-corrected chi connectivity index (χ4v) is 2.27. The molecule has 0 fully saturated rings. The minimum atomic E-state index is -0.955. The van der Waals surface area contributed by atoms with Gasteiger partial charge in [-0.3, -0.25) is 14.9 Å². The average Bonchev–Trinajstić information content (AvgIpc) is 2.77. The zero-order valence-electron chi connectivity index (χ0n) is 11.8. The lowest BCUT2D eigenvalue weighted by Crippen LogP contribution is -2.14. The molecular formula is C13H12FN3O4S. The second kappa shape index (κ2) is 6.56. The van der Waals surface area contributed by atoms with Crippen molar-refractivity contribution in [3.63, 3.8) is 0 Å². The van der Waals surface area contributed by atoms with Gasteiger partial charge in [-0.05, 0) is 26.0 Å².